The van der Waals surface area contributed by atoms with Gasteiger partial charge in [0, 0.05) is 22.9 Å². The van der Waals surface area contributed by atoms with E-state index in [2.05, 4.69) is 13.8 Å². The van der Waals surface area contributed by atoms with Gasteiger partial charge in [-0.25, -0.2) is 0 Å². The Labute approximate surface area is 120 Å². The lowest BCUT2D eigenvalue weighted by Crippen LogP contribution is -2.02. The summed E-state index contributed by atoms with van der Waals surface area (Å²) in [5.74, 6) is 2.49. The predicted molar refractivity (Wildman–Crippen MR) is 83.0 cm³/mol. The van der Waals surface area contributed by atoms with Crippen LogP contribution in [0.25, 0.3) is 0 Å². The Balaban J connectivity index is 2.30. The fourth-order valence-electron chi connectivity index (χ4n) is 1.53. The number of hydrogen-bond acceptors (Lipinski definition) is 4. The highest BCUT2D eigenvalue weighted by Crippen LogP contribution is 2.29. The molecule has 0 bridgehead atoms. The number of anilines is 1. The van der Waals surface area contributed by atoms with E-state index in [9.17, 15) is 0 Å². The molecule has 0 aliphatic heterocycles. The third kappa shape index (κ3) is 6.73. The summed E-state index contributed by atoms with van der Waals surface area (Å²) in [6.07, 6.45) is 1.12. The van der Waals surface area contributed by atoms with Gasteiger partial charge in [-0.3, -0.25) is 0 Å². The average Bonchev–Trinajstić information content (AvgIpc) is 2.37. The lowest BCUT2D eigenvalue weighted by molar-refractivity contribution is 0.138. The molecule has 2 N–H and O–H groups in total. The molecule has 0 heterocycles. The molecular formula is C15H25NO2S. The highest BCUT2D eigenvalue weighted by Gasteiger charge is 2.03. The zero-order valence-electron chi connectivity index (χ0n) is 12.1. The quantitative estimate of drug-likeness (QED) is 0.425. The molecule has 108 valence electrons. The van der Waals surface area contributed by atoms with Crippen molar-refractivity contribution in [2.75, 3.05) is 31.3 Å². The van der Waals surface area contributed by atoms with Gasteiger partial charge < -0.3 is 15.2 Å². The van der Waals surface area contributed by atoms with Crippen molar-refractivity contribution >= 4 is 17.4 Å². The van der Waals surface area contributed by atoms with Crippen LogP contribution in [0.3, 0.4) is 0 Å². The first kappa shape index (κ1) is 16.2. The Morgan fingerprint density at radius 2 is 2.05 bits per heavy atom. The van der Waals surface area contributed by atoms with Crippen LogP contribution in [0.15, 0.2) is 23.1 Å². The molecule has 0 atom stereocenters. The number of nitrogen functional groups attached to an aromatic ring is 1. The van der Waals surface area contributed by atoms with Crippen molar-refractivity contribution in [3.05, 3.63) is 18.2 Å². The second kappa shape index (κ2) is 9.10. The number of rotatable bonds is 9. The van der Waals surface area contributed by atoms with Gasteiger partial charge in [-0.05, 0) is 37.5 Å². The van der Waals surface area contributed by atoms with Crippen molar-refractivity contribution in [1.29, 1.82) is 0 Å². The molecule has 1 aromatic rings. The molecule has 1 rings (SSSR count). The highest BCUT2D eigenvalue weighted by molar-refractivity contribution is 7.99. The molecule has 0 fully saturated rings. The van der Waals surface area contributed by atoms with Gasteiger partial charge in [0.1, 0.15) is 5.75 Å². The molecule has 0 radical (unpaired) electrons. The maximum atomic E-state index is 5.95. The van der Waals surface area contributed by atoms with Gasteiger partial charge >= 0.3 is 0 Å². The summed E-state index contributed by atoms with van der Waals surface area (Å²) in [4.78, 5) is 1.07. The third-order valence-electron chi connectivity index (χ3n) is 2.62. The van der Waals surface area contributed by atoms with Crippen LogP contribution in [0.2, 0.25) is 0 Å². The Morgan fingerprint density at radius 3 is 2.74 bits per heavy atom. The third-order valence-corrected chi connectivity index (χ3v) is 3.66. The lowest BCUT2D eigenvalue weighted by atomic mass is 10.1. The Morgan fingerprint density at radius 1 is 1.26 bits per heavy atom. The predicted octanol–water partition coefficient (Wildman–Crippen LogP) is 3.82. The lowest BCUT2D eigenvalue weighted by Gasteiger charge is -2.09. The number of nitrogens with two attached hydrogens (primary N) is 1. The van der Waals surface area contributed by atoms with Crippen LogP contribution in [-0.4, -0.2) is 25.6 Å². The minimum Gasteiger partial charge on any atom is -0.494 e. The first-order valence-electron chi connectivity index (χ1n) is 6.86. The van der Waals surface area contributed by atoms with Crippen molar-refractivity contribution < 1.29 is 9.47 Å². The smallest absolute Gasteiger partial charge is 0.120 e. The van der Waals surface area contributed by atoms with Crippen molar-refractivity contribution in [2.24, 2.45) is 5.92 Å². The van der Waals surface area contributed by atoms with Gasteiger partial charge in [0.05, 0.1) is 13.2 Å². The Hall–Kier alpha value is -0.870. The monoisotopic (exact) mass is 283 g/mol. The van der Waals surface area contributed by atoms with Gasteiger partial charge in [0.15, 0.2) is 0 Å². The van der Waals surface area contributed by atoms with Crippen LogP contribution in [-0.2, 0) is 4.74 Å². The Bertz CT molecular complexity index is 369. The maximum absolute atomic E-state index is 5.95. The van der Waals surface area contributed by atoms with E-state index in [4.69, 9.17) is 15.2 Å². The standard InChI is InChI=1S/C15H25NO2S/c1-4-18-13-5-6-14(16)15(11-13)19-10-9-17-8-7-12(2)3/h5-6,11-12H,4,7-10,16H2,1-3H3. The molecule has 0 amide bonds. The van der Waals surface area contributed by atoms with E-state index in [1.165, 1.54) is 0 Å². The SMILES string of the molecule is CCOc1ccc(N)c(SCCOCCC(C)C)c1. The van der Waals surface area contributed by atoms with Crippen LogP contribution in [0.5, 0.6) is 5.75 Å². The van der Waals surface area contributed by atoms with Crippen LogP contribution in [0, 0.1) is 5.92 Å². The van der Waals surface area contributed by atoms with Crippen LogP contribution in [0.1, 0.15) is 27.2 Å². The first-order chi connectivity index (χ1) is 9.13. The summed E-state index contributed by atoms with van der Waals surface area (Å²) in [6, 6.07) is 5.80. The van der Waals surface area contributed by atoms with Crippen molar-refractivity contribution in [2.45, 2.75) is 32.1 Å². The summed E-state index contributed by atoms with van der Waals surface area (Å²) in [5, 5.41) is 0. The summed E-state index contributed by atoms with van der Waals surface area (Å²) < 4.78 is 11.1. The zero-order chi connectivity index (χ0) is 14.1. The van der Waals surface area contributed by atoms with E-state index in [1.807, 2.05) is 25.1 Å². The van der Waals surface area contributed by atoms with Gasteiger partial charge in [-0.15, -0.1) is 11.8 Å². The molecule has 0 aromatic heterocycles. The van der Waals surface area contributed by atoms with Crippen molar-refractivity contribution in [3.63, 3.8) is 0 Å². The average molecular weight is 283 g/mol. The van der Waals surface area contributed by atoms with E-state index in [1.54, 1.807) is 11.8 Å². The number of thioether (sulfide) groups is 1. The molecular weight excluding hydrogens is 258 g/mol. The van der Waals surface area contributed by atoms with Crippen LogP contribution in [0.4, 0.5) is 5.69 Å². The van der Waals surface area contributed by atoms with Gasteiger partial charge in [-0.2, -0.15) is 0 Å². The van der Waals surface area contributed by atoms with Crippen LogP contribution < -0.4 is 10.5 Å². The van der Waals surface area contributed by atoms with E-state index < -0.39 is 0 Å². The van der Waals surface area contributed by atoms with Crippen molar-refractivity contribution in [3.8, 4) is 5.75 Å². The van der Waals surface area contributed by atoms with E-state index in [-0.39, 0.29) is 0 Å². The molecule has 0 saturated heterocycles. The molecule has 0 saturated carbocycles. The van der Waals surface area contributed by atoms with Gasteiger partial charge in [-0.1, -0.05) is 13.8 Å². The maximum Gasteiger partial charge on any atom is 0.120 e. The largest absolute Gasteiger partial charge is 0.494 e. The molecule has 0 spiro atoms. The number of benzene rings is 1. The fraction of sp³-hybridized carbons (Fsp3) is 0.600. The van der Waals surface area contributed by atoms with Crippen LogP contribution >= 0.6 is 11.8 Å². The van der Waals surface area contributed by atoms with Crippen molar-refractivity contribution in [1.82, 2.24) is 0 Å². The van der Waals surface area contributed by atoms with E-state index in [0.29, 0.717) is 12.5 Å². The molecule has 4 heteroatoms. The number of hydrogen-bond donors (Lipinski definition) is 1. The second-order valence-electron chi connectivity index (χ2n) is 4.78. The minimum atomic E-state index is 0.673. The zero-order valence-corrected chi connectivity index (χ0v) is 13.0. The normalized spacial score (nSPS) is 10.9. The molecule has 3 nitrogen and oxygen atoms in total. The molecule has 0 unspecified atom stereocenters. The topological polar surface area (TPSA) is 44.5 Å². The van der Waals surface area contributed by atoms with Gasteiger partial charge in [0.25, 0.3) is 0 Å². The first-order valence-corrected chi connectivity index (χ1v) is 7.85. The minimum absolute atomic E-state index is 0.673. The second-order valence-corrected chi connectivity index (χ2v) is 5.91. The molecule has 1 aromatic carbocycles. The molecule has 0 aliphatic carbocycles. The summed E-state index contributed by atoms with van der Waals surface area (Å²) in [6.45, 7) is 8.66. The highest BCUT2D eigenvalue weighted by atomic mass is 32.2. The number of ether oxygens (including phenoxy) is 2. The summed E-state index contributed by atoms with van der Waals surface area (Å²) in [5.41, 5.74) is 6.75. The van der Waals surface area contributed by atoms with E-state index in [0.717, 1.165) is 41.7 Å². The Kier molecular flexibility index (Phi) is 7.75. The molecule has 0 aliphatic rings. The van der Waals surface area contributed by atoms with Gasteiger partial charge in [0.2, 0.25) is 0 Å². The summed E-state index contributed by atoms with van der Waals surface area (Å²) >= 11 is 1.72. The fourth-order valence-corrected chi connectivity index (χ4v) is 2.38. The summed E-state index contributed by atoms with van der Waals surface area (Å²) in [7, 11) is 0. The van der Waals surface area contributed by atoms with E-state index >= 15 is 0 Å². The molecule has 19 heavy (non-hydrogen) atoms.